The second-order valence-electron chi connectivity index (χ2n) is 19.4. The summed E-state index contributed by atoms with van der Waals surface area (Å²) in [5, 5.41) is 0. The second kappa shape index (κ2) is 15.3. The fourth-order valence-corrected chi connectivity index (χ4v) is 13.3. The van der Waals surface area contributed by atoms with Crippen LogP contribution in [-0.2, 0) is 10.8 Å². The summed E-state index contributed by atoms with van der Waals surface area (Å²) >= 11 is 0. The van der Waals surface area contributed by atoms with Crippen molar-refractivity contribution in [1.82, 2.24) is 0 Å². The molecular weight excluding hydrogens is 819 g/mol. The lowest BCUT2D eigenvalue weighted by Gasteiger charge is -2.37. The van der Waals surface area contributed by atoms with Gasteiger partial charge in [0.05, 0.1) is 11.1 Å². The van der Waals surface area contributed by atoms with Crippen molar-refractivity contribution in [3.05, 3.63) is 270 Å². The van der Waals surface area contributed by atoms with Crippen molar-refractivity contribution in [3.63, 3.8) is 0 Å². The van der Waals surface area contributed by atoms with E-state index in [1.165, 1.54) is 144 Å². The average molecular weight is 868 g/mol. The summed E-state index contributed by atoms with van der Waals surface area (Å²) in [5.41, 5.74) is 26.8. The molecule has 0 N–H and O–H groups in total. The van der Waals surface area contributed by atoms with E-state index in [0.29, 0.717) is 0 Å². The third-order valence-electron chi connectivity index (χ3n) is 16.1. The minimum Gasteiger partial charge on any atom is -0.310 e. The first-order valence-corrected chi connectivity index (χ1v) is 24.6. The van der Waals surface area contributed by atoms with E-state index in [4.69, 9.17) is 0 Å². The van der Waals surface area contributed by atoms with Gasteiger partial charge in [0.2, 0.25) is 0 Å². The van der Waals surface area contributed by atoms with E-state index in [9.17, 15) is 0 Å². The summed E-state index contributed by atoms with van der Waals surface area (Å²) in [5.74, 6) is 0. The number of hydrogen-bond donors (Lipinski definition) is 0. The Morgan fingerprint density at radius 1 is 0.279 bits per heavy atom. The van der Waals surface area contributed by atoms with Gasteiger partial charge in [-0.05, 0) is 138 Å². The molecule has 0 heterocycles. The van der Waals surface area contributed by atoms with Gasteiger partial charge in [0.25, 0.3) is 0 Å². The van der Waals surface area contributed by atoms with Crippen molar-refractivity contribution < 1.29 is 0 Å². The minimum absolute atomic E-state index is 0.0292. The van der Waals surface area contributed by atoms with Crippen LogP contribution in [0.3, 0.4) is 0 Å². The number of rotatable bonds is 6. The molecule has 4 aliphatic rings. The summed E-state index contributed by atoms with van der Waals surface area (Å²) in [6, 6.07) is 89.4. The summed E-state index contributed by atoms with van der Waals surface area (Å²) < 4.78 is 0. The molecule has 10 aromatic carbocycles. The van der Waals surface area contributed by atoms with Gasteiger partial charge < -0.3 is 4.90 Å². The number of anilines is 3. The number of hydrogen-bond acceptors (Lipinski definition) is 1. The first kappa shape index (κ1) is 39.2. The van der Waals surface area contributed by atoms with Crippen LogP contribution >= 0.6 is 0 Å². The van der Waals surface area contributed by atoms with E-state index in [2.05, 4.69) is 241 Å². The van der Waals surface area contributed by atoms with Crippen molar-refractivity contribution in [3.8, 4) is 66.8 Å². The van der Waals surface area contributed by atoms with Crippen molar-refractivity contribution in [1.29, 1.82) is 0 Å². The molecule has 14 rings (SSSR count). The maximum Gasteiger partial charge on any atom is 0.0726 e. The van der Waals surface area contributed by atoms with Gasteiger partial charge in [-0.25, -0.2) is 0 Å². The fourth-order valence-electron chi connectivity index (χ4n) is 13.3. The van der Waals surface area contributed by atoms with Gasteiger partial charge in [0.1, 0.15) is 0 Å². The molecule has 4 aliphatic carbocycles. The van der Waals surface area contributed by atoms with Gasteiger partial charge in [-0.2, -0.15) is 0 Å². The monoisotopic (exact) mass is 867 g/mol. The largest absolute Gasteiger partial charge is 0.310 e. The van der Waals surface area contributed by atoms with Gasteiger partial charge in [-0.1, -0.05) is 226 Å². The van der Waals surface area contributed by atoms with Crippen molar-refractivity contribution in [2.75, 3.05) is 4.90 Å². The normalized spacial score (nSPS) is 15.0. The molecule has 1 saturated carbocycles. The molecule has 0 unspecified atom stereocenters. The second-order valence-corrected chi connectivity index (χ2v) is 19.4. The number of nitrogens with zero attached hydrogens (tertiary/aromatic N) is 1. The highest BCUT2D eigenvalue weighted by atomic mass is 15.1. The lowest BCUT2D eigenvalue weighted by molar-refractivity contribution is 0.353. The average Bonchev–Trinajstić information content (AvgIpc) is 3.99. The molecule has 1 fully saturated rings. The number of fused-ring (bicyclic) bond motifs is 15. The van der Waals surface area contributed by atoms with Crippen LogP contribution in [0.4, 0.5) is 17.1 Å². The van der Waals surface area contributed by atoms with E-state index < -0.39 is 5.41 Å². The molecule has 0 saturated heterocycles. The van der Waals surface area contributed by atoms with Gasteiger partial charge in [-0.3, -0.25) is 0 Å². The zero-order chi connectivity index (χ0) is 44.8. The van der Waals surface area contributed by atoms with Crippen LogP contribution in [0.5, 0.6) is 0 Å². The van der Waals surface area contributed by atoms with Crippen LogP contribution in [0, 0.1) is 0 Å². The smallest absolute Gasteiger partial charge is 0.0726 e. The molecule has 1 heteroatoms. The molecule has 10 aromatic rings. The Morgan fingerprint density at radius 3 is 1.41 bits per heavy atom. The zero-order valence-corrected chi connectivity index (χ0v) is 38.0. The van der Waals surface area contributed by atoms with Crippen LogP contribution in [0.1, 0.15) is 65.5 Å². The lowest BCUT2D eigenvalue weighted by Crippen LogP contribution is -2.28. The Balaban J connectivity index is 1.03. The molecule has 68 heavy (non-hydrogen) atoms. The summed E-state index contributed by atoms with van der Waals surface area (Å²) in [7, 11) is 0. The summed E-state index contributed by atoms with van der Waals surface area (Å²) in [4.78, 5) is 2.58. The van der Waals surface area contributed by atoms with Gasteiger partial charge in [-0.15, -0.1) is 0 Å². The molecular formula is C67H49N. The predicted octanol–water partition coefficient (Wildman–Crippen LogP) is 17.7. The molecule has 0 aromatic heterocycles. The molecule has 0 amide bonds. The van der Waals surface area contributed by atoms with Crippen LogP contribution in [0.15, 0.2) is 237 Å². The maximum absolute atomic E-state index is 2.58. The van der Waals surface area contributed by atoms with E-state index >= 15 is 0 Å². The Kier molecular flexibility index (Phi) is 8.80. The highest BCUT2D eigenvalue weighted by molar-refractivity contribution is 6.01. The Hall–Kier alpha value is -8.00. The van der Waals surface area contributed by atoms with E-state index in [0.717, 1.165) is 5.69 Å². The molecule has 0 radical (unpaired) electrons. The highest BCUT2D eigenvalue weighted by Gasteiger charge is 2.52. The van der Waals surface area contributed by atoms with Crippen LogP contribution in [-0.4, -0.2) is 0 Å². The SMILES string of the molecule is c1ccc(-c2ccc(-c3cccc4c3-c3ccc(N(c5ccc6c(c5)C5(CCCCC5)c5ccccc5-6)c5ccccc5-c5ccccc5)cc3C43c4ccccc4-c4ccccc43)cc2)cc1. The van der Waals surface area contributed by atoms with E-state index in [1.54, 1.807) is 0 Å². The van der Waals surface area contributed by atoms with Crippen molar-refractivity contribution >= 4 is 17.1 Å². The molecule has 322 valence electrons. The molecule has 0 atom stereocenters. The molecule has 0 bridgehead atoms. The summed E-state index contributed by atoms with van der Waals surface area (Å²) in [6.45, 7) is 0. The van der Waals surface area contributed by atoms with Crippen molar-refractivity contribution in [2.45, 2.75) is 42.9 Å². The highest BCUT2D eigenvalue weighted by Crippen LogP contribution is 2.65. The standard InChI is InChI=1S/C67H49N/c1-4-19-45(20-5-1)46-33-35-48(36-34-46)52-27-18-31-61-65(52)57-40-38-50(44-63(57)67(61)59-29-13-9-25-54(59)55-26-10-14-30-60(55)67)68(64-32-15-11-23-51(64)47-21-6-2-7-22-47)49-37-39-56-53-24-8-12-28-58(53)66(62(56)43-49)41-16-3-17-42-66/h1-2,4-15,18-40,43-44H,3,16-17,41-42H2. The van der Waals surface area contributed by atoms with Crippen LogP contribution in [0.25, 0.3) is 66.8 Å². The summed E-state index contributed by atoms with van der Waals surface area (Å²) in [6.07, 6.45) is 6.21. The Bertz CT molecular complexity index is 3550. The van der Waals surface area contributed by atoms with Crippen LogP contribution in [0.2, 0.25) is 0 Å². The number of para-hydroxylation sites is 1. The molecule has 0 aliphatic heterocycles. The van der Waals surface area contributed by atoms with Gasteiger partial charge >= 0.3 is 0 Å². The minimum atomic E-state index is -0.524. The van der Waals surface area contributed by atoms with Crippen molar-refractivity contribution in [2.24, 2.45) is 0 Å². The first-order chi connectivity index (χ1) is 33.7. The predicted molar refractivity (Wildman–Crippen MR) is 283 cm³/mol. The van der Waals surface area contributed by atoms with Crippen LogP contribution < -0.4 is 4.90 Å². The Labute approximate surface area is 399 Å². The third-order valence-corrected chi connectivity index (χ3v) is 16.1. The lowest BCUT2D eigenvalue weighted by atomic mass is 9.68. The van der Waals surface area contributed by atoms with Gasteiger partial charge in [0.15, 0.2) is 0 Å². The van der Waals surface area contributed by atoms with Gasteiger partial charge in [0, 0.05) is 22.4 Å². The zero-order valence-electron chi connectivity index (χ0n) is 38.0. The quantitative estimate of drug-likeness (QED) is 0.161. The maximum atomic E-state index is 2.58. The molecule has 1 nitrogen and oxygen atoms in total. The fraction of sp³-hybridized carbons (Fsp3) is 0.104. The number of benzene rings is 10. The molecule has 2 spiro atoms. The third kappa shape index (κ3) is 5.57. The topological polar surface area (TPSA) is 3.24 Å². The van der Waals surface area contributed by atoms with E-state index in [-0.39, 0.29) is 5.41 Å². The Morgan fingerprint density at radius 2 is 0.735 bits per heavy atom. The first-order valence-electron chi connectivity index (χ1n) is 24.6. The van der Waals surface area contributed by atoms with E-state index in [1.807, 2.05) is 0 Å².